The Morgan fingerprint density at radius 2 is 0.711 bits per heavy atom. The highest BCUT2D eigenvalue weighted by molar-refractivity contribution is 6.80. The van der Waals surface area contributed by atoms with Gasteiger partial charge in [0.25, 0.3) is 0 Å². The fourth-order valence-corrected chi connectivity index (χ4v) is 9.27. The van der Waals surface area contributed by atoms with Crippen LogP contribution in [0.1, 0.15) is 114 Å². The molecule has 0 unspecified atom stereocenters. The second-order valence-corrected chi connectivity index (χ2v) is 24.3. The monoisotopic (exact) mass is 552 g/mol. The average Bonchev–Trinajstić information content (AvgIpc) is 2.78. The first-order valence-corrected chi connectivity index (χ1v) is 22.2. The van der Waals surface area contributed by atoms with Gasteiger partial charge in [0.2, 0.25) is 0 Å². The van der Waals surface area contributed by atoms with Crippen molar-refractivity contribution in [2.75, 3.05) is 22.2 Å². The molecule has 0 aliphatic carbocycles. The van der Waals surface area contributed by atoms with Gasteiger partial charge in [-0.15, -0.1) is 0 Å². The summed E-state index contributed by atoms with van der Waals surface area (Å²) in [5.41, 5.74) is 9.19. The highest BCUT2D eigenvalue weighted by Gasteiger charge is 2.31. The van der Waals surface area contributed by atoms with Crippen LogP contribution in [0.3, 0.4) is 0 Å². The molecule has 0 saturated carbocycles. The summed E-state index contributed by atoms with van der Waals surface area (Å²) in [6, 6.07) is 14.1. The van der Waals surface area contributed by atoms with E-state index in [9.17, 15) is 0 Å². The Kier molecular flexibility index (Phi) is 11.4. The number of benzene rings is 2. The summed E-state index contributed by atoms with van der Waals surface area (Å²) in [7, 11) is -3.16. The number of rotatable bonds is 13. The Labute approximate surface area is 239 Å². The van der Waals surface area contributed by atoms with Crippen molar-refractivity contribution in [3.8, 4) is 0 Å². The van der Waals surface area contributed by atoms with E-state index < -0.39 is 16.5 Å². The van der Waals surface area contributed by atoms with E-state index in [0.717, 1.165) is 13.1 Å². The number of para-hydroxylation sites is 2. The second kappa shape index (κ2) is 13.2. The molecule has 0 heterocycles. The number of hydrogen-bond acceptors (Lipinski definition) is 2. The summed E-state index contributed by atoms with van der Waals surface area (Å²) in [5, 5.41) is 0. The van der Waals surface area contributed by atoms with Gasteiger partial charge in [-0.05, 0) is 58.8 Å². The van der Waals surface area contributed by atoms with E-state index in [4.69, 9.17) is 0 Å². The molecule has 2 nitrogen and oxygen atoms in total. The minimum absolute atomic E-state index is 0.534. The maximum atomic E-state index is 2.86. The van der Waals surface area contributed by atoms with Gasteiger partial charge in [0.15, 0.2) is 0 Å². The highest BCUT2D eigenvalue weighted by Crippen LogP contribution is 2.39. The summed E-state index contributed by atoms with van der Waals surface area (Å²) in [6.07, 6.45) is 2.46. The van der Waals surface area contributed by atoms with Gasteiger partial charge in [-0.3, -0.25) is 0 Å². The lowest BCUT2D eigenvalue weighted by Crippen LogP contribution is -2.49. The van der Waals surface area contributed by atoms with Gasteiger partial charge < -0.3 is 9.13 Å². The molecule has 0 bridgehead atoms. The fraction of sp³-hybridized carbons (Fsp3) is 0.647. The average molecular weight is 553 g/mol. The molecule has 2 aromatic rings. The molecule has 0 N–H and O–H groups in total. The lowest BCUT2D eigenvalue weighted by Gasteiger charge is -2.42. The zero-order valence-electron chi connectivity index (χ0n) is 27.5. The zero-order chi connectivity index (χ0) is 29.0. The predicted molar refractivity (Wildman–Crippen MR) is 180 cm³/mol. The maximum Gasteiger partial charge on any atom is 0.147 e. The summed E-state index contributed by atoms with van der Waals surface area (Å²) in [4.78, 5) is 0. The van der Waals surface area contributed by atoms with E-state index >= 15 is 0 Å². The fourth-order valence-electron chi connectivity index (χ4n) is 5.75. The van der Waals surface area contributed by atoms with E-state index in [1.807, 2.05) is 0 Å². The molecule has 4 heteroatoms. The summed E-state index contributed by atoms with van der Waals surface area (Å²) in [6.45, 7) is 36.3. The van der Waals surface area contributed by atoms with E-state index in [-0.39, 0.29) is 0 Å². The van der Waals surface area contributed by atoms with Crippen molar-refractivity contribution in [3.05, 3.63) is 58.7 Å². The molecule has 0 saturated heterocycles. The Morgan fingerprint density at radius 3 is 0.895 bits per heavy atom. The van der Waals surface area contributed by atoms with Gasteiger partial charge in [-0.1, -0.05) is 131 Å². The SMILES string of the molecule is CC(C)c1cccc(C(C)C)c1N(CCCCN(c1c(C(C)C)cccc1C(C)C)[Si](C)(C)C)[Si](C)(C)C. The standard InChI is InChI=1S/C34H60N2Si2/c1-25(2)29-19-17-20-30(26(3)4)33(29)35(37(9,10)11)23-15-16-24-36(38(12,13)14)34-31(27(5)6)21-18-22-32(34)28(7)8/h17-22,25-28H,15-16,23-24H2,1-14H3. The van der Waals surface area contributed by atoms with E-state index in [2.05, 4.69) is 140 Å². The lowest BCUT2D eigenvalue weighted by atomic mass is 9.92. The third kappa shape index (κ3) is 8.00. The molecule has 38 heavy (non-hydrogen) atoms. The van der Waals surface area contributed by atoms with Crippen molar-refractivity contribution >= 4 is 27.8 Å². The van der Waals surface area contributed by atoms with Crippen molar-refractivity contribution in [1.82, 2.24) is 0 Å². The number of unbranched alkanes of at least 4 members (excludes halogenated alkanes) is 1. The van der Waals surface area contributed by atoms with Crippen molar-refractivity contribution in [1.29, 1.82) is 0 Å². The summed E-state index contributed by atoms with van der Waals surface area (Å²) >= 11 is 0. The Balaban J connectivity index is 2.40. The molecular weight excluding hydrogens is 493 g/mol. The largest absolute Gasteiger partial charge is 0.398 e. The van der Waals surface area contributed by atoms with Gasteiger partial charge in [0, 0.05) is 24.5 Å². The van der Waals surface area contributed by atoms with Crippen LogP contribution in [0, 0.1) is 0 Å². The minimum Gasteiger partial charge on any atom is -0.398 e. The predicted octanol–water partition coefficient (Wildman–Crippen LogP) is 10.9. The minimum atomic E-state index is -1.58. The number of hydrogen-bond donors (Lipinski definition) is 0. The van der Waals surface area contributed by atoms with Crippen LogP contribution in [-0.4, -0.2) is 29.6 Å². The van der Waals surface area contributed by atoms with Crippen LogP contribution in [-0.2, 0) is 0 Å². The van der Waals surface area contributed by atoms with E-state index in [0.29, 0.717) is 23.7 Å². The van der Waals surface area contributed by atoms with Gasteiger partial charge in [0.05, 0.1) is 0 Å². The molecular formula is C34H60N2Si2. The smallest absolute Gasteiger partial charge is 0.147 e. The third-order valence-corrected chi connectivity index (χ3v) is 12.0. The summed E-state index contributed by atoms with van der Waals surface area (Å²) in [5.74, 6) is 2.14. The first kappa shape index (κ1) is 32.7. The molecule has 2 rings (SSSR count). The molecule has 0 aliphatic heterocycles. The summed E-state index contributed by atoms with van der Waals surface area (Å²) < 4.78 is 5.72. The number of anilines is 2. The molecule has 0 atom stereocenters. The second-order valence-electron chi connectivity index (χ2n) is 14.5. The first-order chi connectivity index (χ1) is 17.5. The molecule has 0 amide bonds. The van der Waals surface area contributed by atoms with Gasteiger partial charge in [-0.2, -0.15) is 0 Å². The Bertz CT molecular complexity index is 890. The van der Waals surface area contributed by atoms with Crippen LogP contribution < -0.4 is 9.13 Å². The third-order valence-electron chi connectivity index (χ3n) is 7.86. The van der Waals surface area contributed by atoms with E-state index in [1.54, 1.807) is 11.4 Å². The molecule has 2 aromatic carbocycles. The van der Waals surface area contributed by atoms with Crippen LogP contribution in [0.15, 0.2) is 36.4 Å². The van der Waals surface area contributed by atoms with Crippen molar-refractivity contribution in [2.24, 2.45) is 0 Å². The molecule has 0 aromatic heterocycles. The lowest BCUT2D eigenvalue weighted by molar-refractivity contribution is 0.725. The van der Waals surface area contributed by atoms with Crippen molar-refractivity contribution < 1.29 is 0 Å². The zero-order valence-corrected chi connectivity index (χ0v) is 29.5. The van der Waals surface area contributed by atoms with Gasteiger partial charge in [-0.25, -0.2) is 0 Å². The topological polar surface area (TPSA) is 6.48 Å². The Hall–Kier alpha value is -1.53. The van der Waals surface area contributed by atoms with Crippen LogP contribution in [0.4, 0.5) is 11.4 Å². The quantitative estimate of drug-likeness (QED) is 0.180. The number of nitrogens with zero attached hydrogens (tertiary/aromatic N) is 2. The van der Waals surface area contributed by atoms with Crippen LogP contribution in [0.2, 0.25) is 39.3 Å². The maximum absolute atomic E-state index is 2.86. The van der Waals surface area contributed by atoms with E-state index in [1.165, 1.54) is 35.1 Å². The van der Waals surface area contributed by atoms with Gasteiger partial charge >= 0.3 is 0 Å². The molecule has 214 valence electrons. The van der Waals surface area contributed by atoms with Crippen LogP contribution in [0.5, 0.6) is 0 Å². The van der Waals surface area contributed by atoms with Crippen molar-refractivity contribution in [2.45, 2.75) is 131 Å². The first-order valence-electron chi connectivity index (χ1n) is 15.3. The van der Waals surface area contributed by atoms with Crippen LogP contribution in [0.25, 0.3) is 0 Å². The van der Waals surface area contributed by atoms with Crippen LogP contribution >= 0.6 is 0 Å². The molecule has 0 spiro atoms. The van der Waals surface area contributed by atoms with Gasteiger partial charge in [0.1, 0.15) is 16.5 Å². The molecule has 0 aliphatic rings. The molecule has 0 radical (unpaired) electrons. The van der Waals surface area contributed by atoms with Crippen molar-refractivity contribution in [3.63, 3.8) is 0 Å². The normalized spacial score (nSPS) is 12.8. The Morgan fingerprint density at radius 1 is 0.474 bits per heavy atom. The highest BCUT2D eigenvalue weighted by atomic mass is 28.3. The molecule has 0 fully saturated rings.